The van der Waals surface area contributed by atoms with E-state index in [0.29, 0.717) is 17.2 Å². The molecule has 11 nitrogen and oxygen atoms in total. The predicted octanol–water partition coefficient (Wildman–Crippen LogP) is 4.32. The number of carboxylic acids is 1. The lowest BCUT2D eigenvalue weighted by molar-refractivity contribution is -0.192. The highest BCUT2D eigenvalue weighted by molar-refractivity contribution is 5.94. The van der Waals surface area contributed by atoms with Gasteiger partial charge < -0.3 is 25.0 Å². The lowest BCUT2D eigenvalue weighted by Crippen LogP contribution is -2.37. The molecule has 3 aromatic heterocycles. The van der Waals surface area contributed by atoms with E-state index >= 15 is 0 Å². The fourth-order valence-electron chi connectivity index (χ4n) is 5.31. The second-order valence-electron chi connectivity index (χ2n) is 11.0. The van der Waals surface area contributed by atoms with Gasteiger partial charge in [-0.3, -0.25) is 19.7 Å². The first kappa shape index (κ1) is 32.6. The number of nitrogens with one attached hydrogen (secondary N) is 2. The van der Waals surface area contributed by atoms with Crippen LogP contribution < -0.4 is 10.2 Å². The maximum atomic E-state index is 13.2. The quantitative estimate of drug-likeness (QED) is 0.271. The number of halogens is 3. The Morgan fingerprint density at radius 3 is 2.52 bits per heavy atom. The van der Waals surface area contributed by atoms with Crippen molar-refractivity contribution in [2.24, 2.45) is 0 Å². The topological polar surface area (TPSA) is 137 Å². The molecule has 14 heteroatoms. The number of carbonyl (C=O) groups excluding carboxylic acids is 1. The van der Waals surface area contributed by atoms with Gasteiger partial charge in [0.25, 0.3) is 5.91 Å². The third-order valence-corrected chi connectivity index (χ3v) is 7.63. The lowest BCUT2D eigenvalue weighted by atomic mass is 10.1. The Balaban J connectivity index is 0.000000537. The second-order valence-corrected chi connectivity index (χ2v) is 11.0. The van der Waals surface area contributed by atoms with Crippen LogP contribution in [0.5, 0.6) is 0 Å². The number of carbonyl (C=O) groups is 2. The van der Waals surface area contributed by atoms with Crippen molar-refractivity contribution in [3.63, 3.8) is 0 Å². The van der Waals surface area contributed by atoms with Crippen LogP contribution in [0, 0.1) is 6.92 Å². The molecule has 0 spiro atoms. The minimum Gasteiger partial charge on any atom is -0.475 e. The number of pyridine rings is 2. The number of imidazole rings is 1. The minimum atomic E-state index is -5.08. The Bertz CT molecular complexity index is 1640. The number of H-pyrrole nitrogens is 1. The number of ether oxygens (including phenoxy) is 1. The number of benzene rings is 1. The Morgan fingerprint density at radius 2 is 1.80 bits per heavy atom. The molecule has 6 rings (SSSR count). The van der Waals surface area contributed by atoms with Crippen molar-refractivity contribution in [1.82, 2.24) is 30.2 Å². The Morgan fingerprint density at radius 1 is 1.07 bits per heavy atom. The van der Waals surface area contributed by atoms with Crippen LogP contribution in [-0.4, -0.2) is 93.4 Å². The number of amides is 1. The molecule has 0 bridgehead atoms. The van der Waals surface area contributed by atoms with E-state index in [2.05, 4.69) is 65.4 Å². The second kappa shape index (κ2) is 14.5. The zero-order valence-corrected chi connectivity index (χ0v) is 25.1. The van der Waals surface area contributed by atoms with Crippen LogP contribution in [0.15, 0.2) is 67.1 Å². The number of aliphatic carboxylic acids is 1. The first-order valence-electron chi connectivity index (χ1n) is 14.7. The summed E-state index contributed by atoms with van der Waals surface area (Å²) >= 11 is 0. The van der Waals surface area contributed by atoms with E-state index in [1.54, 1.807) is 6.20 Å². The molecule has 4 aromatic rings. The normalized spacial score (nSPS) is 16.9. The van der Waals surface area contributed by atoms with E-state index in [-0.39, 0.29) is 11.9 Å². The molecular weight excluding hydrogens is 603 g/mol. The summed E-state index contributed by atoms with van der Waals surface area (Å²) in [5.74, 6) is -2.33. The van der Waals surface area contributed by atoms with Gasteiger partial charge in [-0.15, -0.1) is 0 Å². The maximum Gasteiger partial charge on any atom is 0.490 e. The number of hydrogen-bond acceptors (Lipinski definition) is 8. The first-order valence-corrected chi connectivity index (χ1v) is 14.7. The van der Waals surface area contributed by atoms with E-state index in [0.717, 1.165) is 74.9 Å². The average Bonchev–Trinajstić information content (AvgIpc) is 3.67. The molecule has 2 aliphatic rings. The molecule has 1 amide bonds. The molecular formula is C32H34F3N7O4. The van der Waals surface area contributed by atoms with Crippen molar-refractivity contribution in [3.8, 4) is 22.6 Å². The molecule has 1 atom stereocenters. The molecule has 1 aromatic carbocycles. The van der Waals surface area contributed by atoms with Crippen molar-refractivity contribution in [2.75, 3.05) is 44.3 Å². The first-order chi connectivity index (χ1) is 22.1. The number of aryl methyl sites for hydroxylation is 1. The van der Waals surface area contributed by atoms with Gasteiger partial charge in [-0.05, 0) is 42.7 Å². The number of likely N-dealkylation sites (tertiary alicyclic amines) is 1. The summed E-state index contributed by atoms with van der Waals surface area (Å²) < 4.78 is 37.2. The summed E-state index contributed by atoms with van der Waals surface area (Å²) in [6, 6.07) is 16.6. The van der Waals surface area contributed by atoms with E-state index in [1.807, 2.05) is 37.5 Å². The van der Waals surface area contributed by atoms with E-state index in [9.17, 15) is 18.0 Å². The zero-order chi connectivity index (χ0) is 32.7. The third kappa shape index (κ3) is 8.46. The van der Waals surface area contributed by atoms with Gasteiger partial charge in [-0.25, -0.2) is 9.78 Å². The van der Waals surface area contributed by atoms with Crippen molar-refractivity contribution < 1.29 is 32.6 Å². The molecule has 5 heterocycles. The van der Waals surface area contributed by atoms with Gasteiger partial charge in [0.2, 0.25) is 0 Å². The number of hydrogen-bond donors (Lipinski definition) is 3. The molecule has 0 saturated carbocycles. The van der Waals surface area contributed by atoms with Gasteiger partial charge in [0.15, 0.2) is 5.82 Å². The molecule has 0 unspecified atom stereocenters. The lowest BCUT2D eigenvalue weighted by Gasteiger charge is -2.28. The number of aromatic amines is 1. The summed E-state index contributed by atoms with van der Waals surface area (Å²) in [4.78, 5) is 43.6. The molecule has 46 heavy (non-hydrogen) atoms. The van der Waals surface area contributed by atoms with Crippen LogP contribution in [0.2, 0.25) is 0 Å². The predicted molar refractivity (Wildman–Crippen MR) is 164 cm³/mol. The van der Waals surface area contributed by atoms with Crippen molar-refractivity contribution in [2.45, 2.75) is 32.1 Å². The number of morpholine rings is 1. The number of rotatable bonds is 7. The van der Waals surface area contributed by atoms with E-state index < -0.39 is 12.1 Å². The standard InChI is InChI=1S/C30H33N7O2.C2HF3O2/c1-21-28(30(38)34-25-8-10-36(20-25)19-22-5-3-2-4-6-22)35-29(33-21)27-16-23(7-9-32-27)24-15-26(18-31-17-24)37-11-13-39-14-12-37;3-2(4,5)1(6)7/h2-7,9,15-18,25H,8,10-14,19-20H2,1H3,(H,33,35)(H,34,38);(H,6,7)/t25-;/m0./s1. The van der Waals surface area contributed by atoms with Crippen LogP contribution in [0.25, 0.3) is 22.6 Å². The van der Waals surface area contributed by atoms with Crippen LogP contribution in [0.4, 0.5) is 18.9 Å². The van der Waals surface area contributed by atoms with Crippen molar-refractivity contribution in [1.29, 1.82) is 0 Å². The Labute approximate surface area is 263 Å². The van der Waals surface area contributed by atoms with Gasteiger partial charge in [-0.1, -0.05) is 30.3 Å². The largest absolute Gasteiger partial charge is 0.490 e. The highest BCUT2D eigenvalue weighted by Gasteiger charge is 2.38. The fraction of sp³-hybridized carbons (Fsp3) is 0.344. The Hall–Kier alpha value is -4.82. The summed E-state index contributed by atoms with van der Waals surface area (Å²) in [5, 5.41) is 10.3. The van der Waals surface area contributed by atoms with Crippen LogP contribution in [-0.2, 0) is 16.1 Å². The number of anilines is 1. The smallest absolute Gasteiger partial charge is 0.475 e. The summed E-state index contributed by atoms with van der Waals surface area (Å²) in [6.07, 6.45) is 1.36. The van der Waals surface area contributed by atoms with Gasteiger partial charge in [0.05, 0.1) is 25.1 Å². The van der Waals surface area contributed by atoms with Crippen LogP contribution in [0.1, 0.15) is 28.2 Å². The van der Waals surface area contributed by atoms with Crippen molar-refractivity contribution in [3.05, 3.63) is 84.1 Å². The molecule has 2 aliphatic heterocycles. The van der Waals surface area contributed by atoms with Gasteiger partial charge in [0.1, 0.15) is 11.4 Å². The van der Waals surface area contributed by atoms with Crippen LogP contribution in [0.3, 0.4) is 0 Å². The van der Waals surface area contributed by atoms with E-state index in [4.69, 9.17) is 14.6 Å². The summed E-state index contributed by atoms with van der Waals surface area (Å²) in [7, 11) is 0. The monoisotopic (exact) mass is 637 g/mol. The highest BCUT2D eigenvalue weighted by atomic mass is 19.4. The SMILES string of the molecule is Cc1[nH]c(-c2cc(-c3cncc(N4CCOCC4)c3)ccn2)nc1C(=O)N[C@H]1CCN(Cc2ccccc2)C1.O=C(O)C(F)(F)F. The number of alkyl halides is 3. The van der Waals surface area contributed by atoms with E-state index in [1.165, 1.54) is 5.56 Å². The van der Waals surface area contributed by atoms with Crippen molar-refractivity contribution >= 4 is 17.6 Å². The maximum absolute atomic E-state index is 13.2. The van der Waals surface area contributed by atoms with Crippen LogP contribution >= 0.6 is 0 Å². The summed E-state index contributed by atoms with van der Waals surface area (Å²) in [5.41, 5.74) is 6.19. The molecule has 0 aliphatic carbocycles. The number of nitrogens with zero attached hydrogens (tertiary/aromatic N) is 5. The molecule has 3 N–H and O–H groups in total. The zero-order valence-electron chi connectivity index (χ0n) is 25.1. The highest BCUT2D eigenvalue weighted by Crippen LogP contribution is 2.27. The molecule has 0 radical (unpaired) electrons. The van der Waals surface area contributed by atoms with Gasteiger partial charge in [-0.2, -0.15) is 13.2 Å². The number of aromatic nitrogens is 4. The Kier molecular flexibility index (Phi) is 10.3. The molecule has 242 valence electrons. The number of carboxylic acid groups (broad SMARTS) is 1. The van der Waals surface area contributed by atoms with Gasteiger partial charge >= 0.3 is 12.1 Å². The fourth-order valence-corrected chi connectivity index (χ4v) is 5.31. The van der Waals surface area contributed by atoms with Gasteiger partial charge in [0, 0.05) is 62.4 Å². The third-order valence-electron chi connectivity index (χ3n) is 7.63. The minimum absolute atomic E-state index is 0.105. The summed E-state index contributed by atoms with van der Waals surface area (Å²) in [6.45, 7) is 7.73. The molecule has 2 fully saturated rings. The molecule has 2 saturated heterocycles. The average molecular weight is 638 g/mol.